The summed E-state index contributed by atoms with van der Waals surface area (Å²) in [6.07, 6.45) is 2.04. The van der Waals surface area contributed by atoms with E-state index in [-0.39, 0.29) is 5.84 Å². The third-order valence-corrected chi connectivity index (χ3v) is 2.45. The molecule has 0 saturated heterocycles. The Morgan fingerprint density at radius 2 is 1.84 bits per heavy atom. The summed E-state index contributed by atoms with van der Waals surface area (Å²) in [5.41, 5.74) is 8.38. The van der Waals surface area contributed by atoms with E-state index in [1.807, 2.05) is 56.3 Å². The number of pyridine rings is 1. The lowest BCUT2D eigenvalue weighted by molar-refractivity contribution is 0.317. The minimum absolute atomic E-state index is 0.154. The molecule has 1 heterocycles. The van der Waals surface area contributed by atoms with Crippen molar-refractivity contribution in [3.05, 3.63) is 54.4 Å². The fourth-order valence-corrected chi connectivity index (χ4v) is 1.67. The molecule has 4 heteroatoms. The van der Waals surface area contributed by atoms with E-state index >= 15 is 0 Å². The number of aromatic nitrogens is 1. The molecule has 0 unspecified atom stereocenters. The lowest BCUT2D eigenvalue weighted by atomic mass is 10.0. The van der Waals surface area contributed by atoms with Gasteiger partial charge in [-0.1, -0.05) is 55.4 Å². The molecule has 2 rings (SSSR count). The number of benzene rings is 1. The summed E-state index contributed by atoms with van der Waals surface area (Å²) in [7, 11) is 0. The minimum Gasteiger partial charge on any atom is -0.409 e. The molecule has 3 N–H and O–H groups in total. The van der Waals surface area contributed by atoms with Crippen molar-refractivity contribution < 1.29 is 5.21 Å². The van der Waals surface area contributed by atoms with Gasteiger partial charge in [-0.15, -0.1) is 0 Å². The Labute approximate surface area is 113 Å². The van der Waals surface area contributed by atoms with E-state index in [1.165, 1.54) is 0 Å². The van der Waals surface area contributed by atoms with Gasteiger partial charge in [0, 0.05) is 11.8 Å². The van der Waals surface area contributed by atoms with Crippen molar-refractivity contribution in [1.29, 1.82) is 0 Å². The lowest BCUT2D eigenvalue weighted by Gasteiger charge is -2.07. The van der Waals surface area contributed by atoms with Crippen molar-refractivity contribution in [2.75, 3.05) is 0 Å². The maximum atomic E-state index is 8.59. The third-order valence-electron chi connectivity index (χ3n) is 2.45. The molecule has 0 aliphatic rings. The SMILES string of the molecule is CC.N/C(Cc1ncccc1-c1ccccc1)=N/O. The Kier molecular flexibility index (Phi) is 6.09. The van der Waals surface area contributed by atoms with Crippen molar-refractivity contribution in [2.45, 2.75) is 20.3 Å². The summed E-state index contributed by atoms with van der Waals surface area (Å²) >= 11 is 0. The molecule has 100 valence electrons. The molecule has 0 bridgehead atoms. The van der Waals surface area contributed by atoms with E-state index in [2.05, 4.69) is 10.1 Å². The molecule has 0 atom stereocenters. The smallest absolute Gasteiger partial charge is 0.145 e. The molecule has 0 spiro atoms. The highest BCUT2D eigenvalue weighted by atomic mass is 16.4. The second-order valence-electron chi connectivity index (χ2n) is 3.63. The zero-order chi connectivity index (χ0) is 14.1. The van der Waals surface area contributed by atoms with E-state index in [0.29, 0.717) is 6.42 Å². The molecule has 4 nitrogen and oxygen atoms in total. The Bertz CT molecular complexity index is 524. The van der Waals surface area contributed by atoms with Gasteiger partial charge in [0.15, 0.2) is 0 Å². The predicted molar refractivity (Wildman–Crippen MR) is 78.1 cm³/mol. The largest absolute Gasteiger partial charge is 0.409 e. The Morgan fingerprint density at radius 1 is 1.16 bits per heavy atom. The highest BCUT2D eigenvalue weighted by Gasteiger charge is 2.07. The molecule has 0 radical (unpaired) electrons. The normalized spacial score (nSPS) is 10.5. The number of amidine groups is 1. The van der Waals surface area contributed by atoms with Gasteiger partial charge in [0.25, 0.3) is 0 Å². The second kappa shape index (κ2) is 7.87. The number of hydrogen-bond donors (Lipinski definition) is 2. The molecule has 0 amide bonds. The van der Waals surface area contributed by atoms with Crippen LogP contribution in [0.15, 0.2) is 53.8 Å². The zero-order valence-corrected chi connectivity index (χ0v) is 11.2. The van der Waals surface area contributed by atoms with Gasteiger partial charge in [-0.05, 0) is 11.6 Å². The van der Waals surface area contributed by atoms with Crippen LogP contribution in [0.2, 0.25) is 0 Å². The number of hydrogen-bond acceptors (Lipinski definition) is 3. The predicted octanol–water partition coefficient (Wildman–Crippen LogP) is 3.06. The summed E-state index contributed by atoms with van der Waals surface area (Å²) in [5, 5.41) is 11.6. The summed E-state index contributed by atoms with van der Waals surface area (Å²) in [5.74, 6) is 0.154. The number of nitrogens with two attached hydrogens (primary N) is 1. The first kappa shape index (κ1) is 14.7. The van der Waals surface area contributed by atoms with Gasteiger partial charge in [-0.2, -0.15) is 0 Å². The molecule has 0 aliphatic carbocycles. The van der Waals surface area contributed by atoms with Gasteiger partial charge >= 0.3 is 0 Å². The summed E-state index contributed by atoms with van der Waals surface area (Å²) < 4.78 is 0. The monoisotopic (exact) mass is 257 g/mol. The van der Waals surface area contributed by atoms with E-state index in [4.69, 9.17) is 10.9 Å². The maximum absolute atomic E-state index is 8.59. The first-order chi connectivity index (χ1) is 9.31. The lowest BCUT2D eigenvalue weighted by Crippen LogP contribution is -2.16. The summed E-state index contributed by atoms with van der Waals surface area (Å²) in [6, 6.07) is 13.8. The van der Waals surface area contributed by atoms with Gasteiger partial charge in [0.05, 0.1) is 12.1 Å². The molecule has 0 saturated carbocycles. The third kappa shape index (κ3) is 4.10. The van der Waals surface area contributed by atoms with Gasteiger partial charge < -0.3 is 10.9 Å². The minimum atomic E-state index is 0.154. The van der Waals surface area contributed by atoms with Crippen LogP contribution in [0.4, 0.5) is 0 Å². The number of oxime groups is 1. The number of nitrogens with zero attached hydrogens (tertiary/aromatic N) is 2. The summed E-state index contributed by atoms with van der Waals surface area (Å²) in [6.45, 7) is 4.00. The van der Waals surface area contributed by atoms with E-state index < -0.39 is 0 Å². The fourth-order valence-electron chi connectivity index (χ4n) is 1.67. The molecule has 0 aliphatic heterocycles. The average Bonchev–Trinajstić information content (AvgIpc) is 2.50. The van der Waals surface area contributed by atoms with Crippen LogP contribution in [0.1, 0.15) is 19.5 Å². The Hall–Kier alpha value is -2.36. The quantitative estimate of drug-likeness (QED) is 0.384. The highest BCUT2D eigenvalue weighted by Crippen LogP contribution is 2.21. The Morgan fingerprint density at radius 3 is 2.47 bits per heavy atom. The molecule has 2 aromatic rings. The average molecular weight is 257 g/mol. The van der Waals surface area contributed by atoms with Crippen molar-refractivity contribution in [2.24, 2.45) is 10.9 Å². The van der Waals surface area contributed by atoms with Crippen LogP contribution in [0, 0.1) is 0 Å². The number of rotatable bonds is 3. The van der Waals surface area contributed by atoms with Crippen LogP contribution >= 0.6 is 0 Å². The second-order valence-corrected chi connectivity index (χ2v) is 3.63. The Balaban J connectivity index is 0.000000861. The van der Waals surface area contributed by atoms with Crippen LogP contribution in [0.3, 0.4) is 0 Å². The van der Waals surface area contributed by atoms with Gasteiger partial charge in [0.1, 0.15) is 5.84 Å². The topological polar surface area (TPSA) is 71.5 Å². The van der Waals surface area contributed by atoms with Gasteiger partial charge in [-0.3, -0.25) is 4.98 Å². The standard InChI is InChI=1S/C13H13N3O.C2H6/c14-13(16-17)9-12-11(7-4-8-15-12)10-5-2-1-3-6-10;1-2/h1-8,17H,9H2,(H2,14,16);1-2H3. The van der Waals surface area contributed by atoms with Crippen LogP contribution in [0.5, 0.6) is 0 Å². The van der Waals surface area contributed by atoms with Crippen molar-refractivity contribution in [3.8, 4) is 11.1 Å². The molecule has 0 fully saturated rings. The highest BCUT2D eigenvalue weighted by molar-refractivity contribution is 5.83. The van der Waals surface area contributed by atoms with Crippen molar-refractivity contribution in [3.63, 3.8) is 0 Å². The van der Waals surface area contributed by atoms with E-state index in [1.54, 1.807) is 6.20 Å². The zero-order valence-electron chi connectivity index (χ0n) is 11.2. The van der Waals surface area contributed by atoms with E-state index in [0.717, 1.165) is 16.8 Å². The van der Waals surface area contributed by atoms with Crippen molar-refractivity contribution in [1.82, 2.24) is 4.98 Å². The summed E-state index contributed by atoms with van der Waals surface area (Å²) in [4.78, 5) is 4.27. The molecule has 1 aromatic carbocycles. The molecular formula is C15H19N3O. The maximum Gasteiger partial charge on any atom is 0.145 e. The van der Waals surface area contributed by atoms with Gasteiger partial charge in [-0.25, -0.2) is 0 Å². The molecule has 19 heavy (non-hydrogen) atoms. The first-order valence-electron chi connectivity index (χ1n) is 6.27. The fraction of sp³-hybridized carbons (Fsp3) is 0.200. The van der Waals surface area contributed by atoms with Crippen LogP contribution in [-0.4, -0.2) is 16.0 Å². The van der Waals surface area contributed by atoms with Crippen LogP contribution in [0.25, 0.3) is 11.1 Å². The molecule has 1 aromatic heterocycles. The van der Waals surface area contributed by atoms with Crippen molar-refractivity contribution >= 4 is 5.84 Å². The first-order valence-corrected chi connectivity index (χ1v) is 6.27. The van der Waals surface area contributed by atoms with Crippen LogP contribution < -0.4 is 5.73 Å². The van der Waals surface area contributed by atoms with E-state index in [9.17, 15) is 0 Å². The molecular weight excluding hydrogens is 238 g/mol. The van der Waals surface area contributed by atoms with Gasteiger partial charge in [0.2, 0.25) is 0 Å². The van der Waals surface area contributed by atoms with Crippen LogP contribution in [-0.2, 0) is 6.42 Å².